The van der Waals surface area contributed by atoms with Gasteiger partial charge >= 0.3 is 0 Å². The van der Waals surface area contributed by atoms with Gasteiger partial charge in [0.1, 0.15) is 18.0 Å². The lowest BCUT2D eigenvalue weighted by Crippen LogP contribution is -2.22. The van der Waals surface area contributed by atoms with Gasteiger partial charge in [-0.25, -0.2) is 19.9 Å². The highest BCUT2D eigenvalue weighted by atomic mass is 16.2. The van der Waals surface area contributed by atoms with E-state index >= 15 is 0 Å². The number of nitrogens with zero attached hydrogens (tertiary/aromatic N) is 4. The topological polar surface area (TPSA) is 101 Å². The van der Waals surface area contributed by atoms with Crippen molar-refractivity contribution in [1.29, 1.82) is 0 Å². The normalized spacial score (nSPS) is 14.2. The van der Waals surface area contributed by atoms with E-state index in [-0.39, 0.29) is 12.3 Å². The molecule has 0 atom stereocenters. The van der Waals surface area contributed by atoms with Crippen molar-refractivity contribution in [3.05, 3.63) is 24.4 Å². The van der Waals surface area contributed by atoms with E-state index in [0.29, 0.717) is 17.5 Å². The Morgan fingerprint density at radius 1 is 1.38 bits per heavy atom. The van der Waals surface area contributed by atoms with E-state index in [9.17, 15) is 4.79 Å². The zero-order valence-corrected chi connectivity index (χ0v) is 8.21. The molecule has 80 valence electrons. The van der Waals surface area contributed by atoms with Crippen LogP contribution >= 0.6 is 0 Å². The Morgan fingerprint density at radius 3 is 3.00 bits per heavy atom. The van der Waals surface area contributed by atoms with Gasteiger partial charge in [0.15, 0.2) is 5.82 Å². The average Bonchev–Trinajstić information content (AvgIpc) is 2.81. The van der Waals surface area contributed by atoms with Crippen LogP contribution in [0.1, 0.15) is 5.56 Å². The van der Waals surface area contributed by atoms with Gasteiger partial charge in [0.2, 0.25) is 5.91 Å². The van der Waals surface area contributed by atoms with Crippen molar-refractivity contribution in [3.8, 4) is 0 Å². The molecule has 3 rings (SSSR count). The Morgan fingerprint density at radius 2 is 2.25 bits per heavy atom. The number of aromatic amines is 1. The summed E-state index contributed by atoms with van der Waals surface area (Å²) in [6, 6.07) is 0. The van der Waals surface area contributed by atoms with Crippen LogP contribution < -0.4 is 10.6 Å². The summed E-state index contributed by atoms with van der Waals surface area (Å²) in [6.45, 7) is 0. The van der Waals surface area contributed by atoms with Gasteiger partial charge in [-0.3, -0.25) is 4.79 Å². The second kappa shape index (κ2) is 3.02. The highest BCUT2D eigenvalue weighted by molar-refractivity contribution is 6.06. The van der Waals surface area contributed by atoms with Crippen molar-refractivity contribution >= 4 is 23.4 Å². The summed E-state index contributed by atoms with van der Waals surface area (Å²) in [6.07, 6.45) is 4.75. The first kappa shape index (κ1) is 8.84. The van der Waals surface area contributed by atoms with Crippen LogP contribution in [-0.2, 0) is 11.2 Å². The van der Waals surface area contributed by atoms with Crippen molar-refractivity contribution in [2.24, 2.45) is 0 Å². The van der Waals surface area contributed by atoms with E-state index in [1.807, 2.05) is 0 Å². The zero-order chi connectivity index (χ0) is 11.1. The van der Waals surface area contributed by atoms with Gasteiger partial charge in [-0.15, -0.1) is 0 Å². The fraction of sp³-hybridized carbons (Fsp3) is 0.111. The molecule has 0 radical (unpaired) electrons. The van der Waals surface area contributed by atoms with Crippen molar-refractivity contribution < 1.29 is 4.79 Å². The maximum absolute atomic E-state index is 11.8. The molecule has 1 aliphatic heterocycles. The van der Waals surface area contributed by atoms with Crippen LogP contribution in [0.4, 0.5) is 17.5 Å². The molecule has 0 aliphatic carbocycles. The molecule has 0 spiro atoms. The Kier molecular flexibility index (Phi) is 1.67. The van der Waals surface area contributed by atoms with Gasteiger partial charge in [0.25, 0.3) is 0 Å². The molecule has 0 bridgehead atoms. The number of nitrogen functional groups attached to an aromatic ring is 1. The number of carbonyl (C=O) groups excluding carboxylic acids is 1. The lowest BCUT2D eigenvalue weighted by atomic mass is 10.3. The molecular weight excluding hydrogens is 208 g/mol. The van der Waals surface area contributed by atoms with Crippen molar-refractivity contribution in [1.82, 2.24) is 19.9 Å². The number of aromatic nitrogens is 4. The number of anilines is 3. The number of amides is 1. The summed E-state index contributed by atoms with van der Waals surface area (Å²) in [7, 11) is 0. The summed E-state index contributed by atoms with van der Waals surface area (Å²) >= 11 is 0. The van der Waals surface area contributed by atoms with E-state index in [1.165, 1.54) is 17.6 Å². The van der Waals surface area contributed by atoms with Crippen molar-refractivity contribution in [2.75, 3.05) is 10.6 Å². The third-order valence-electron chi connectivity index (χ3n) is 2.43. The lowest BCUT2D eigenvalue weighted by Gasteiger charge is -2.13. The number of carbonyl (C=O) groups is 1. The second-order valence-electron chi connectivity index (χ2n) is 3.42. The fourth-order valence-electron chi connectivity index (χ4n) is 1.73. The summed E-state index contributed by atoms with van der Waals surface area (Å²) in [5.41, 5.74) is 6.47. The molecular formula is C9H8N6O. The minimum Gasteiger partial charge on any atom is -0.382 e. The van der Waals surface area contributed by atoms with Gasteiger partial charge < -0.3 is 10.7 Å². The van der Waals surface area contributed by atoms with E-state index in [4.69, 9.17) is 5.73 Å². The summed E-state index contributed by atoms with van der Waals surface area (Å²) in [4.78, 5) is 27.9. The summed E-state index contributed by atoms with van der Waals surface area (Å²) in [5.74, 6) is 1.19. The smallest absolute Gasteiger partial charge is 0.238 e. The number of hydrogen-bond acceptors (Lipinski definition) is 5. The monoisotopic (exact) mass is 216 g/mol. The van der Waals surface area contributed by atoms with Crippen LogP contribution in [0.3, 0.4) is 0 Å². The van der Waals surface area contributed by atoms with Crippen LogP contribution in [0.15, 0.2) is 18.9 Å². The van der Waals surface area contributed by atoms with E-state index in [1.54, 1.807) is 6.20 Å². The third kappa shape index (κ3) is 1.08. The number of imidazole rings is 1. The molecule has 7 nitrogen and oxygen atoms in total. The van der Waals surface area contributed by atoms with Crippen LogP contribution in [0.5, 0.6) is 0 Å². The molecule has 7 heteroatoms. The van der Waals surface area contributed by atoms with E-state index in [2.05, 4.69) is 19.9 Å². The van der Waals surface area contributed by atoms with Crippen molar-refractivity contribution in [3.63, 3.8) is 0 Å². The fourth-order valence-corrected chi connectivity index (χ4v) is 1.73. The number of fused-ring (bicyclic) bond motifs is 1. The van der Waals surface area contributed by atoms with Gasteiger partial charge in [-0.05, 0) is 0 Å². The number of nitrogens with one attached hydrogen (secondary N) is 1. The molecule has 0 saturated carbocycles. The maximum atomic E-state index is 11.8. The highest BCUT2D eigenvalue weighted by Gasteiger charge is 2.32. The molecule has 0 unspecified atom stereocenters. The first-order valence-corrected chi connectivity index (χ1v) is 4.68. The van der Waals surface area contributed by atoms with Gasteiger partial charge in [-0.2, -0.15) is 0 Å². The Balaban J connectivity index is 2.16. The minimum absolute atomic E-state index is 0.102. The first-order chi connectivity index (χ1) is 7.77. The standard InChI is InChI=1S/C9H8N6O/c10-7-9(14-4-12-7)15-6(16)1-5-2-11-3-13-8(5)15/h2-4H,1,10H2,(H,12,14). The lowest BCUT2D eigenvalue weighted by molar-refractivity contribution is -0.116. The van der Waals surface area contributed by atoms with E-state index < -0.39 is 0 Å². The van der Waals surface area contributed by atoms with Gasteiger partial charge in [0, 0.05) is 11.8 Å². The molecule has 3 N–H and O–H groups in total. The van der Waals surface area contributed by atoms with Gasteiger partial charge in [-0.1, -0.05) is 0 Å². The molecule has 0 aromatic carbocycles. The molecule has 2 aromatic rings. The maximum Gasteiger partial charge on any atom is 0.238 e. The van der Waals surface area contributed by atoms with Crippen LogP contribution in [0.25, 0.3) is 0 Å². The molecule has 2 aromatic heterocycles. The second-order valence-corrected chi connectivity index (χ2v) is 3.42. The molecule has 3 heterocycles. The van der Waals surface area contributed by atoms with E-state index in [0.717, 1.165) is 5.56 Å². The highest BCUT2D eigenvalue weighted by Crippen LogP contribution is 2.33. The third-order valence-corrected chi connectivity index (χ3v) is 2.43. The number of hydrogen-bond donors (Lipinski definition) is 2. The Hall–Kier alpha value is -2.44. The van der Waals surface area contributed by atoms with Crippen LogP contribution in [0, 0.1) is 0 Å². The molecule has 0 fully saturated rings. The predicted molar refractivity (Wildman–Crippen MR) is 55.9 cm³/mol. The zero-order valence-electron chi connectivity index (χ0n) is 8.21. The summed E-state index contributed by atoms with van der Waals surface area (Å²) < 4.78 is 0. The molecule has 1 aliphatic rings. The molecule has 1 amide bonds. The van der Waals surface area contributed by atoms with Crippen molar-refractivity contribution in [2.45, 2.75) is 6.42 Å². The SMILES string of the molecule is Nc1[nH]cnc1N1C(=O)Cc2cncnc21. The Bertz CT molecular complexity index is 563. The van der Waals surface area contributed by atoms with Crippen LogP contribution in [0.2, 0.25) is 0 Å². The van der Waals surface area contributed by atoms with Crippen LogP contribution in [-0.4, -0.2) is 25.8 Å². The largest absolute Gasteiger partial charge is 0.382 e. The quantitative estimate of drug-likeness (QED) is 0.698. The minimum atomic E-state index is -0.102. The molecule has 0 saturated heterocycles. The number of H-pyrrole nitrogens is 1. The molecule has 16 heavy (non-hydrogen) atoms. The number of nitrogens with two attached hydrogens (primary N) is 1. The predicted octanol–water partition coefficient (Wildman–Crippen LogP) is 0.00270. The average molecular weight is 216 g/mol. The number of rotatable bonds is 1. The van der Waals surface area contributed by atoms with Gasteiger partial charge in [0.05, 0.1) is 12.7 Å². The first-order valence-electron chi connectivity index (χ1n) is 4.68. The summed E-state index contributed by atoms with van der Waals surface area (Å²) in [5, 5.41) is 0. The Labute approximate surface area is 90.3 Å².